The molecule has 1 atom stereocenters. The summed E-state index contributed by atoms with van der Waals surface area (Å²) in [6, 6.07) is 15.6. The molecule has 0 aliphatic carbocycles. The van der Waals surface area contributed by atoms with Crippen molar-refractivity contribution in [1.82, 2.24) is 4.31 Å². The van der Waals surface area contributed by atoms with Crippen molar-refractivity contribution in [3.05, 3.63) is 93.0 Å². The maximum Gasteiger partial charge on any atom is 0.332 e. The second-order valence-electron chi connectivity index (χ2n) is 7.15. The lowest BCUT2D eigenvalue weighted by Crippen LogP contribution is -2.38. The number of nitro groups is 1. The largest absolute Gasteiger partial charge is 0.496 e. The third-order valence-electron chi connectivity index (χ3n) is 4.93. The van der Waals surface area contributed by atoms with Crippen LogP contribution in [0.25, 0.3) is 0 Å². The normalized spacial score (nSPS) is 11.3. The van der Waals surface area contributed by atoms with Gasteiger partial charge in [0.2, 0.25) is 0 Å². The number of nitro benzene ring substituents is 1. The smallest absolute Gasteiger partial charge is 0.332 e. The zero-order valence-corrected chi connectivity index (χ0v) is 19.8. The first-order valence-electron chi connectivity index (χ1n) is 9.95. The first-order valence-corrected chi connectivity index (χ1v) is 10.7. The summed E-state index contributed by atoms with van der Waals surface area (Å²) in [6.45, 7) is 1.78. The second-order valence-corrected chi connectivity index (χ2v) is 7.99. The van der Waals surface area contributed by atoms with Crippen molar-refractivity contribution in [2.75, 3.05) is 17.7 Å². The van der Waals surface area contributed by atoms with Crippen LogP contribution in [0, 0.1) is 17.0 Å². The van der Waals surface area contributed by atoms with Crippen LogP contribution in [-0.4, -0.2) is 28.3 Å². The highest BCUT2D eigenvalue weighted by Gasteiger charge is 2.31. The Morgan fingerprint density at radius 2 is 1.79 bits per heavy atom. The summed E-state index contributed by atoms with van der Waals surface area (Å²) in [5, 5.41) is 17.0. The number of ether oxygens (including phenoxy) is 1. The average Bonchev–Trinajstić information content (AvgIpc) is 2.82. The molecule has 0 bridgehead atoms. The minimum absolute atomic E-state index is 0.0796. The predicted octanol–water partition coefficient (Wildman–Crippen LogP) is 5.62. The number of carbonyl (C=O) groups is 2. The van der Waals surface area contributed by atoms with Gasteiger partial charge in [0.1, 0.15) is 17.5 Å². The van der Waals surface area contributed by atoms with Gasteiger partial charge < -0.3 is 15.4 Å². The first kappa shape index (κ1) is 24.9. The first-order chi connectivity index (χ1) is 16.2. The molecule has 0 saturated carbocycles. The Hall–Kier alpha value is -3.76. The number of aryl methyl sites for hydroxylation is 1. The molecule has 0 fully saturated rings. The highest BCUT2D eigenvalue weighted by atomic mass is 35.5. The van der Waals surface area contributed by atoms with Crippen molar-refractivity contribution < 1.29 is 19.2 Å². The third kappa shape index (κ3) is 5.59. The molecule has 3 aromatic rings. The third-order valence-corrected chi connectivity index (χ3v) is 5.66. The van der Waals surface area contributed by atoms with Crippen LogP contribution < -0.4 is 15.4 Å². The number of para-hydroxylation sites is 1. The number of hydrogen-bond donors (Lipinski definition) is 3. The molecule has 3 rings (SSSR count). The number of urea groups is 1. The van der Waals surface area contributed by atoms with E-state index in [1.54, 1.807) is 55.5 Å². The fourth-order valence-corrected chi connectivity index (χ4v) is 3.76. The van der Waals surface area contributed by atoms with Gasteiger partial charge in [-0.05, 0) is 36.2 Å². The van der Waals surface area contributed by atoms with Crippen LogP contribution in [-0.2, 0) is 4.79 Å². The predicted molar refractivity (Wildman–Crippen MR) is 133 cm³/mol. The Balaban J connectivity index is 1.92. The van der Waals surface area contributed by atoms with Crippen molar-refractivity contribution >= 4 is 53.4 Å². The highest BCUT2D eigenvalue weighted by molar-refractivity contribution is 7.78. The summed E-state index contributed by atoms with van der Waals surface area (Å²) in [5.41, 5.74) is 1.16. The summed E-state index contributed by atoms with van der Waals surface area (Å²) in [4.78, 5) is 37.1. The quantitative estimate of drug-likeness (QED) is 0.221. The minimum Gasteiger partial charge on any atom is -0.496 e. The summed E-state index contributed by atoms with van der Waals surface area (Å²) < 4.78 is 5.88. The van der Waals surface area contributed by atoms with E-state index in [1.807, 2.05) is 0 Å². The van der Waals surface area contributed by atoms with E-state index in [-0.39, 0.29) is 17.1 Å². The number of nitrogens with one attached hydrogen (secondary N) is 2. The van der Waals surface area contributed by atoms with Gasteiger partial charge in [-0.3, -0.25) is 19.2 Å². The lowest BCUT2D eigenvalue weighted by molar-refractivity contribution is -0.384. The van der Waals surface area contributed by atoms with E-state index in [0.29, 0.717) is 16.3 Å². The Bertz CT molecular complexity index is 1200. The number of rotatable bonds is 7. The Kier molecular flexibility index (Phi) is 7.98. The van der Waals surface area contributed by atoms with E-state index >= 15 is 0 Å². The minimum atomic E-state index is -1.18. The number of amides is 3. The maximum atomic E-state index is 13.3. The van der Waals surface area contributed by atoms with Crippen LogP contribution in [0.5, 0.6) is 5.75 Å². The maximum absolute atomic E-state index is 13.3. The molecule has 3 aromatic carbocycles. The molecule has 0 aromatic heterocycles. The van der Waals surface area contributed by atoms with Crippen LogP contribution in [0.4, 0.5) is 21.9 Å². The van der Waals surface area contributed by atoms with Crippen LogP contribution in [0.1, 0.15) is 17.2 Å². The zero-order chi connectivity index (χ0) is 24.8. The number of benzene rings is 3. The van der Waals surface area contributed by atoms with Crippen molar-refractivity contribution in [3.8, 4) is 5.75 Å². The molecule has 3 amide bonds. The molecule has 11 heteroatoms. The topological polar surface area (TPSA) is 114 Å². The molecule has 0 radical (unpaired) electrons. The lowest BCUT2D eigenvalue weighted by atomic mass is 10.1. The summed E-state index contributed by atoms with van der Waals surface area (Å²) >= 11 is 10.5. The summed E-state index contributed by atoms with van der Waals surface area (Å²) in [7, 11) is 1.37. The zero-order valence-electron chi connectivity index (χ0n) is 18.2. The van der Waals surface area contributed by atoms with Gasteiger partial charge in [0.05, 0.1) is 28.8 Å². The van der Waals surface area contributed by atoms with Gasteiger partial charge in [0.25, 0.3) is 11.6 Å². The van der Waals surface area contributed by atoms with Crippen LogP contribution in [0.3, 0.4) is 0 Å². The molecule has 2 N–H and O–H groups in total. The van der Waals surface area contributed by atoms with Gasteiger partial charge in [-0.2, -0.15) is 0 Å². The van der Waals surface area contributed by atoms with E-state index in [0.717, 1.165) is 9.87 Å². The van der Waals surface area contributed by atoms with E-state index in [2.05, 4.69) is 23.4 Å². The highest BCUT2D eigenvalue weighted by Crippen LogP contribution is 2.32. The van der Waals surface area contributed by atoms with Gasteiger partial charge in [-0.25, -0.2) is 4.79 Å². The second kappa shape index (κ2) is 10.9. The average molecular weight is 501 g/mol. The van der Waals surface area contributed by atoms with E-state index in [1.165, 1.54) is 25.3 Å². The van der Waals surface area contributed by atoms with Crippen molar-refractivity contribution in [1.29, 1.82) is 0 Å². The number of hydrogen-bond acceptors (Lipinski definition) is 6. The van der Waals surface area contributed by atoms with E-state index in [4.69, 9.17) is 16.3 Å². The van der Waals surface area contributed by atoms with Gasteiger partial charge >= 0.3 is 6.03 Å². The molecule has 0 aliphatic heterocycles. The van der Waals surface area contributed by atoms with Crippen molar-refractivity contribution in [2.45, 2.75) is 13.0 Å². The SMILES string of the molecule is COc1ccc(NC(=O)N(S)C(C(=O)Nc2c(C)cccc2Cl)c2ccccc2)c([N+](=O)[O-])c1. The van der Waals surface area contributed by atoms with Gasteiger partial charge in [-0.1, -0.05) is 66.9 Å². The molecule has 9 nitrogen and oxygen atoms in total. The van der Waals surface area contributed by atoms with E-state index < -0.39 is 22.9 Å². The monoisotopic (exact) mass is 500 g/mol. The van der Waals surface area contributed by atoms with Gasteiger partial charge in [0, 0.05) is 0 Å². The van der Waals surface area contributed by atoms with Crippen molar-refractivity contribution in [3.63, 3.8) is 0 Å². The molecular weight excluding hydrogens is 480 g/mol. The molecule has 34 heavy (non-hydrogen) atoms. The van der Waals surface area contributed by atoms with E-state index in [9.17, 15) is 19.7 Å². The van der Waals surface area contributed by atoms with Crippen LogP contribution >= 0.6 is 24.4 Å². The number of carbonyl (C=O) groups excluding carboxylic acids is 2. The fraction of sp³-hybridized carbons (Fsp3) is 0.130. The standard InChI is InChI=1S/C23H21ClN4O5S/c1-14-7-6-10-17(24)20(14)26-22(29)21(15-8-4-3-5-9-15)27(34)23(30)25-18-12-11-16(33-2)13-19(18)28(31)32/h3-13,21,34H,1-2H3,(H,25,30)(H,26,29). The van der Waals surface area contributed by atoms with Crippen LogP contribution in [0.15, 0.2) is 66.7 Å². The summed E-state index contributed by atoms with van der Waals surface area (Å²) in [5.74, 6) is -0.319. The Morgan fingerprint density at radius 1 is 1.09 bits per heavy atom. The number of methoxy groups -OCH3 is 1. The molecular formula is C23H21ClN4O5S. The summed E-state index contributed by atoms with van der Waals surface area (Å²) in [6.07, 6.45) is 0. The number of anilines is 2. The van der Waals surface area contributed by atoms with Crippen molar-refractivity contribution in [2.24, 2.45) is 0 Å². The molecule has 1 unspecified atom stereocenters. The molecule has 0 saturated heterocycles. The Morgan fingerprint density at radius 3 is 2.41 bits per heavy atom. The number of nitrogens with zero attached hydrogens (tertiary/aromatic N) is 2. The number of halogens is 1. The van der Waals surface area contributed by atoms with Gasteiger partial charge in [0.15, 0.2) is 0 Å². The fourth-order valence-electron chi connectivity index (χ4n) is 3.21. The molecule has 0 heterocycles. The Labute approximate surface area is 206 Å². The van der Waals surface area contributed by atoms with Gasteiger partial charge in [-0.15, -0.1) is 0 Å². The molecule has 0 spiro atoms. The molecule has 0 aliphatic rings. The molecule has 176 valence electrons. The number of thiol groups is 1. The van der Waals surface area contributed by atoms with Crippen LogP contribution in [0.2, 0.25) is 5.02 Å². The lowest BCUT2D eigenvalue weighted by Gasteiger charge is -2.27.